The third-order valence-electron chi connectivity index (χ3n) is 11.1. The number of aliphatic hydroxyl groups is 1. The Bertz CT molecular complexity index is 2730. The van der Waals surface area contributed by atoms with Crippen LogP contribution in [-0.2, 0) is 45.9 Å². The number of benzene rings is 5. The van der Waals surface area contributed by atoms with Crippen LogP contribution in [0.1, 0.15) is 28.7 Å². The van der Waals surface area contributed by atoms with Gasteiger partial charge in [0, 0.05) is 23.2 Å². The van der Waals surface area contributed by atoms with Crippen molar-refractivity contribution in [2.75, 3.05) is 34.5 Å². The number of rotatable bonds is 17. The monoisotopic (exact) mass is 1010 g/mol. The second-order valence-corrected chi connectivity index (χ2v) is 20.3. The number of carboxylic acid groups (broad SMARTS) is 1. The molecule has 0 saturated carbocycles. The predicted molar refractivity (Wildman–Crippen MR) is 241 cm³/mol. The van der Waals surface area contributed by atoms with Crippen molar-refractivity contribution in [1.29, 1.82) is 0 Å². The van der Waals surface area contributed by atoms with Crippen molar-refractivity contribution in [2.24, 2.45) is 0 Å². The van der Waals surface area contributed by atoms with Gasteiger partial charge in [-0.3, -0.25) is 4.90 Å². The summed E-state index contributed by atoms with van der Waals surface area (Å²) in [7, 11) is -5.02. The third-order valence-corrected chi connectivity index (χ3v) is 16.1. The summed E-state index contributed by atoms with van der Waals surface area (Å²) < 4.78 is 79.6. The number of aliphatic hydroxyl groups excluding tert-OH is 1. The number of sulfonamides is 1. The molecule has 16 nitrogen and oxygen atoms in total. The molecule has 0 radical (unpaired) electrons. The lowest BCUT2D eigenvalue weighted by atomic mass is 9.89. The standard InChI is InChI=1S/C44H45IN6O10S2/c1-59-34-15-9-31(10-16-34)25-49(26-32-11-17-35(60-2)18-12-32)63(57,58)41-39(22-21-38(45)40(41)42-46-48-51(47-42)27-33-13-19-36(61-3)20-14-33)62(55,56)37-24-44(29-52,50(28-37)43(53)54)23-30-7-5-4-6-8-30/h4-22,37,52H,23-29H2,1-3H3,(H,53,54)/t37-,44-/m0/s1. The number of aromatic nitrogens is 4. The number of amides is 1. The molecular weight excluding hydrogens is 964 g/mol. The molecule has 0 aliphatic carbocycles. The summed E-state index contributed by atoms with van der Waals surface area (Å²) >= 11 is 1.93. The fourth-order valence-corrected chi connectivity index (χ4v) is 12.8. The van der Waals surface area contributed by atoms with Crippen LogP contribution in [0.3, 0.4) is 0 Å². The van der Waals surface area contributed by atoms with E-state index in [1.54, 1.807) is 98.1 Å². The summed E-state index contributed by atoms with van der Waals surface area (Å²) in [6.07, 6.45) is -1.72. The van der Waals surface area contributed by atoms with Crippen LogP contribution in [0.15, 0.2) is 125 Å². The molecule has 0 spiro atoms. The quantitative estimate of drug-likeness (QED) is 0.102. The van der Waals surface area contributed by atoms with Crippen molar-refractivity contribution in [3.8, 4) is 28.6 Å². The Kier molecular flexibility index (Phi) is 13.7. The van der Waals surface area contributed by atoms with E-state index in [2.05, 4.69) is 15.4 Å². The SMILES string of the molecule is COc1ccc(CN(Cc2ccc(OC)cc2)S(=O)(=O)c2c(S(=O)(=O)[C@@H]3CN(C(=O)O)[C@@](CO)(Cc4ccccc4)C3)ccc(I)c2-c2nnn(Cc3ccc(OC)cc3)n2)cc1. The van der Waals surface area contributed by atoms with Gasteiger partial charge in [0.25, 0.3) is 0 Å². The number of carbonyl (C=O) groups is 1. The van der Waals surface area contributed by atoms with Gasteiger partial charge in [0.2, 0.25) is 15.8 Å². The summed E-state index contributed by atoms with van der Waals surface area (Å²) in [6, 6.07) is 32.4. The van der Waals surface area contributed by atoms with Crippen LogP contribution in [-0.4, -0.2) is 108 Å². The van der Waals surface area contributed by atoms with E-state index in [0.717, 1.165) is 10.5 Å². The highest BCUT2D eigenvalue weighted by Gasteiger charge is 2.53. The van der Waals surface area contributed by atoms with Gasteiger partial charge in [0.05, 0.1) is 55.7 Å². The highest BCUT2D eigenvalue weighted by Crippen LogP contribution is 2.43. The molecular formula is C44H45IN6O10S2. The maximum Gasteiger partial charge on any atom is 0.407 e. The lowest BCUT2D eigenvalue weighted by Gasteiger charge is -2.35. The fourth-order valence-electron chi connectivity index (χ4n) is 7.77. The normalized spacial score (nSPS) is 16.6. The van der Waals surface area contributed by atoms with E-state index in [9.17, 15) is 15.0 Å². The number of hydrogen-bond donors (Lipinski definition) is 2. The van der Waals surface area contributed by atoms with E-state index < -0.39 is 59.7 Å². The Morgan fingerprint density at radius 1 is 0.778 bits per heavy atom. The van der Waals surface area contributed by atoms with Gasteiger partial charge in [-0.25, -0.2) is 21.6 Å². The Hall–Kier alpha value is -5.61. The summed E-state index contributed by atoms with van der Waals surface area (Å²) in [4.78, 5) is 13.9. The second-order valence-electron chi connectivity index (χ2n) is 15.0. The molecule has 0 unspecified atom stereocenters. The van der Waals surface area contributed by atoms with Gasteiger partial charge in [-0.15, -0.1) is 10.2 Å². The Labute approximate surface area is 379 Å². The zero-order valence-electron chi connectivity index (χ0n) is 34.5. The molecule has 19 heteroatoms. The molecule has 2 N–H and O–H groups in total. The van der Waals surface area contributed by atoms with Gasteiger partial charge < -0.3 is 24.4 Å². The first-order chi connectivity index (χ1) is 30.2. The summed E-state index contributed by atoms with van der Waals surface area (Å²) in [5, 5.41) is 33.0. The van der Waals surface area contributed by atoms with Crippen LogP contribution in [0.2, 0.25) is 0 Å². The van der Waals surface area contributed by atoms with E-state index in [0.29, 0.717) is 37.5 Å². The van der Waals surface area contributed by atoms with Crippen LogP contribution in [0.5, 0.6) is 17.2 Å². The minimum absolute atomic E-state index is 0.0183. The second kappa shape index (κ2) is 19.0. The van der Waals surface area contributed by atoms with Gasteiger partial charge >= 0.3 is 6.09 Å². The molecule has 2 heterocycles. The average Bonchev–Trinajstić information content (AvgIpc) is 3.92. The van der Waals surface area contributed by atoms with Gasteiger partial charge in [-0.2, -0.15) is 9.10 Å². The van der Waals surface area contributed by atoms with Crippen molar-refractivity contribution < 1.29 is 46.1 Å². The number of sulfone groups is 1. The van der Waals surface area contributed by atoms with Gasteiger partial charge in [-0.05, 0) is 111 Å². The van der Waals surface area contributed by atoms with Crippen molar-refractivity contribution in [1.82, 2.24) is 29.4 Å². The number of tetrazole rings is 1. The lowest BCUT2D eigenvalue weighted by Crippen LogP contribution is -2.51. The number of hydrogen-bond acceptors (Lipinski definition) is 12. The molecule has 1 saturated heterocycles. The van der Waals surface area contributed by atoms with Crippen LogP contribution >= 0.6 is 22.6 Å². The van der Waals surface area contributed by atoms with Gasteiger partial charge in [0.15, 0.2) is 9.84 Å². The van der Waals surface area contributed by atoms with Gasteiger partial charge in [-0.1, -0.05) is 66.7 Å². The Morgan fingerprint density at radius 2 is 1.32 bits per heavy atom. The smallest absolute Gasteiger partial charge is 0.407 e. The van der Waals surface area contributed by atoms with E-state index in [-0.39, 0.29) is 43.9 Å². The first-order valence-electron chi connectivity index (χ1n) is 19.6. The first-order valence-corrected chi connectivity index (χ1v) is 23.7. The largest absolute Gasteiger partial charge is 0.497 e. The number of methoxy groups -OCH3 is 3. The zero-order valence-corrected chi connectivity index (χ0v) is 38.3. The maximum absolute atomic E-state index is 15.7. The Morgan fingerprint density at radius 3 is 1.83 bits per heavy atom. The van der Waals surface area contributed by atoms with Crippen molar-refractivity contribution in [3.05, 3.63) is 141 Å². The number of nitrogens with zero attached hydrogens (tertiary/aromatic N) is 6. The van der Waals surface area contributed by atoms with E-state index in [4.69, 9.17) is 14.2 Å². The van der Waals surface area contributed by atoms with E-state index in [1.807, 2.05) is 34.7 Å². The summed E-state index contributed by atoms with van der Waals surface area (Å²) in [5.74, 6) is 1.61. The van der Waals surface area contributed by atoms with Crippen LogP contribution < -0.4 is 14.2 Å². The molecule has 1 aliphatic rings. The average molecular weight is 1010 g/mol. The molecule has 7 rings (SSSR count). The molecule has 1 aliphatic heterocycles. The summed E-state index contributed by atoms with van der Waals surface area (Å²) in [6.45, 7) is -1.44. The first kappa shape index (κ1) is 45.4. The molecule has 330 valence electrons. The van der Waals surface area contributed by atoms with Crippen molar-refractivity contribution >= 4 is 48.5 Å². The molecule has 63 heavy (non-hydrogen) atoms. The predicted octanol–water partition coefficient (Wildman–Crippen LogP) is 5.91. The lowest BCUT2D eigenvalue weighted by molar-refractivity contribution is 0.0599. The molecule has 1 fully saturated rings. The zero-order chi connectivity index (χ0) is 44.9. The Balaban J connectivity index is 1.40. The van der Waals surface area contributed by atoms with Crippen molar-refractivity contribution in [3.63, 3.8) is 0 Å². The fraction of sp³-hybridized carbons (Fsp3) is 0.273. The van der Waals surface area contributed by atoms with E-state index >= 15 is 16.8 Å². The molecule has 0 bridgehead atoms. The number of halogens is 1. The topological polar surface area (TPSA) is 204 Å². The number of ether oxygens (including phenoxy) is 3. The molecule has 6 aromatic rings. The van der Waals surface area contributed by atoms with E-state index in [1.165, 1.54) is 35.5 Å². The molecule has 2 atom stereocenters. The minimum Gasteiger partial charge on any atom is -0.497 e. The highest BCUT2D eigenvalue weighted by molar-refractivity contribution is 14.1. The third kappa shape index (κ3) is 9.66. The van der Waals surface area contributed by atoms with Crippen molar-refractivity contribution in [2.45, 2.75) is 53.1 Å². The number of likely N-dealkylation sites (tertiary alicyclic amines) is 1. The minimum atomic E-state index is -4.87. The van der Waals surface area contributed by atoms with Gasteiger partial charge in [0.1, 0.15) is 22.1 Å². The maximum atomic E-state index is 15.7. The molecule has 1 amide bonds. The highest BCUT2D eigenvalue weighted by atomic mass is 127. The molecule has 1 aromatic heterocycles. The van der Waals surface area contributed by atoms with Crippen LogP contribution in [0.4, 0.5) is 4.79 Å². The summed E-state index contributed by atoms with van der Waals surface area (Å²) in [5.41, 5.74) is 1.00. The van der Waals surface area contributed by atoms with Crippen LogP contribution in [0, 0.1) is 3.57 Å². The van der Waals surface area contributed by atoms with Crippen LogP contribution in [0.25, 0.3) is 11.4 Å². The molecule has 5 aromatic carbocycles.